The lowest BCUT2D eigenvalue weighted by Gasteiger charge is -2.07. The molecule has 0 aliphatic heterocycles. The van der Waals surface area contributed by atoms with Gasteiger partial charge in [0.05, 0.1) is 12.3 Å². The Morgan fingerprint density at radius 3 is 2.46 bits per heavy atom. The third-order valence-corrected chi connectivity index (χ3v) is 2.08. The van der Waals surface area contributed by atoms with E-state index in [0.29, 0.717) is 4.47 Å². The topological polar surface area (TPSA) is 33.1 Å². The van der Waals surface area contributed by atoms with Crippen LogP contribution in [-0.4, -0.2) is 10.1 Å². The zero-order chi connectivity index (χ0) is 10.1. The average Bonchev–Trinajstić information content (AvgIpc) is 2.03. The monoisotopic (exact) mass is 255 g/mol. The van der Waals surface area contributed by atoms with Crippen LogP contribution in [0.3, 0.4) is 0 Å². The van der Waals surface area contributed by atoms with Gasteiger partial charge < -0.3 is 5.11 Å². The quantitative estimate of drug-likeness (QED) is 0.836. The zero-order valence-electron chi connectivity index (χ0n) is 6.27. The first-order valence-corrected chi connectivity index (χ1v) is 4.08. The van der Waals surface area contributed by atoms with Crippen LogP contribution in [-0.2, 0) is 12.8 Å². The molecule has 0 radical (unpaired) electrons. The molecule has 0 unspecified atom stereocenters. The molecule has 6 heteroatoms. The normalized spacial score (nSPS) is 11.8. The van der Waals surface area contributed by atoms with Crippen LogP contribution in [0.1, 0.15) is 11.4 Å². The average molecular weight is 256 g/mol. The third-order valence-electron chi connectivity index (χ3n) is 1.36. The molecule has 0 atom stereocenters. The Bertz CT molecular complexity index is 313. The Labute approximate surface area is 80.5 Å². The minimum Gasteiger partial charge on any atom is -0.390 e. The van der Waals surface area contributed by atoms with Crippen molar-refractivity contribution in [3.05, 3.63) is 28.0 Å². The second-order valence-electron chi connectivity index (χ2n) is 2.28. The van der Waals surface area contributed by atoms with E-state index >= 15 is 0 Å². The molecule has 0 amide bonds. The number of aromatic nitrogens is 1. The van der Waals surface area contributed by atoms with Crippen molar-refractivity contribution in [3.63, 3.8) is 0 Å². The van der Waals surface area contributed by atoms with Crippen molar-refractivity contribution in [2.24, 2.45) is 0 Å². The number of rotatable bonds is 1. The lowest BCUT2D eigenvalue weighted by atomic mass is 10.3. The number of aliphatic hydroxyl groups is 1. The van der Waals surface area contributed by atoms with Gasteiger partial charge in [-0.1, -0.05) is 0 Å². The maximum Gasteiger partial charge on any atom is 0.433 e. The number of aliphatic hydroxyl groups excluding tert-OH is 1. The van der Waals surface area contributed by atoms with E-state index in [0.717, 1.165) is 6.07 Å². The lowest BCUT2D eigenvalue weighted by Crippen LogP contribution is -2.09. The zero-order valence-corrected chi connectivity index (χ0v) is 7.85. The van der Waals surface area contributed by atoms with Crippen molar-refractivity contribution in [2.45, 2.75) is 12.8 Å². The Morgan fingerprint density at radius 1 is 1.38 bits per heavy atom. The van der Waals surface area contributed by atoms with Crippen LogP contribution in [0.4, 0.5) is 13.2 Å². The maximum atomic E-state index is 12.1. The summed E-state index contributed by atoms with van der Waals surface area (Å²) >= 11 is 2.97. The van der Waals surface area contributed by atoms with Crippen molar-refractivity contribution in [3.8, 4) is 0 Å². The van der Waals surface area contributed by atoms with E-state index in [1.54, 1.807) is 0 Å². The van der Waals surface area contributed by atoms with E-state index in [-0.39, 0.29) is 5.69 Å². The van der Waals surface area contributed by atoms with Crippen molar-refractivity contribution >= 4 is 15.9 Å². The predicted octanol–water partition coefficient (Wildman–Crippen LogP) is 2.36. The van der Waals surface area contributed by atoms with Gasteiger partial charge in [-0.15, -0.1) is 0 Å². The van der Waals surface area contributed by atoms with E-state index in [2.05, 4.69) is 20.9 Å². The molecule has 0 spiro atoms. The first-order valence-electron chi connectivity index (χ1n) is 3.28. The number of halogens is 4. The highest BCUT2D eigenvalue weighted by atomic mass is 79.9. The summed E-state index contributed by atoms with van der Waals surface area (Å²) in [4.78, 5) is 3.24. The van der Waals surface area contributed by atoms with Crippen molar-refractivity contribution < 1.29 is 18.3 Å². The molecule has 1 aromatic heterocycles. The lowest BCUT2D eigenvalue weighted by molar-refractivity contribution is -0.141. The SMILES string of the molecule is OCc1nc(C(F)(F)F)ccc1Br. The van der Waals surface area contributed by atoms with Gasteiger partial charge in [-0.25, -0.2) is 4.98 Å². The summed E-state index contributed by atoms with van der Waals surface area (Å²) in [5.74, 6) is 0. The van der Waals surface area contributed by atoms with Gasteiger partial charge >= 0.3 is 6.18 Å². The van der Waals surface area contributed by atoms with Crippen LogP contribution in [0, 0.1) is 0 Å². The van der Waals surface area contributed by atoms with Crippen molar-refractivity contribution in [1.82, 2.24) is 4.98 Å². The third kappa shape index (κ3) is 2.41. The van der Waals surface area contributed by atoms with Crippen LogP contribution in [0.25, 0.3) is 0 Å². The molecule has 0 aliphatic rings. The minimum absolute atomic E-state index is 0.0187. The van der Waals surface area contributed by atoms with Crippen LogP contribution < -0.4 is 0 Å². The molecular formula is C7H5BrF3NO. The largest absolute Gasteiger partial charge is 0.433 e. The van der Waals surface area contributed by atoms with Gasteiger partial charge in [0.1, 0.15) is 5.69 Å². The van der Waals surface area contributed by atoms with Crippen LogP contribution >= 0.6 is 15.9 Å². The smallest absolute Gasteiger partial charge is 0.390 e. The second kappa shape index (κ2) is 3.63. The fraction of sp³-hybridized carbons (Fsp3) is 0.286. The second-order valence-corrected chi connectivity index (χ2v) is 3.14. The van der Waals surface area contributed by atoms with Gasteiger partial charge in [0, 0.05) is 4.47 Å². The minimum atomic E-state index is -4.47. The van der Waals surface area contributed by atoms with Gasteiger partial charge in [0.25, 0.3) is 0 Å². The molecule has 0 bridgehead atoms. The summed E-state index contributed by atoms with van der Waals surface area (Å²) in [5, 5.41) is 8.65. The summed E-state index contributed by atoms with van der Waals surface area (Å²) in [6.07, 6.45) is -4.47. The molecule has 0 aliphatic carbocycles. The molecule has 2 nitrogen and oxygen atoms in total. The number of hydrogen-bond acceptors (Lipinski definition) is 2. The summed E-state index contributed by atoms with van der Waals surface area (Å²) in [7, 11) is 0. The van der Waals surface area contributed by atoms with Gasteiger partial charge in [-0.3, -0.25) is 0 Å². The molecule has 0 saturated heterocycles. The standard InChI is InChI=1S/C7H5BrF3NO/c8-4-1-2-6(7(9,10)11)12-5(4)3-13/h1-2,13H,3H2. The summed E-state index contributed by atoms with van der Waals surface area (Å²) in [6.45, 7) is -0.523. The maximum absolute atomic E-state index is 12.1. The van der Waals surface area contributed by atoms with E-state index in [1.165, 1.54) is 6.07 Å². The Kier molecular flexibility index (Phi) is 2.92. The Hall–Kier alpha value is -0.620. The van der Waals surface area contributed by atoms with Gasteiger partial charge in [-0.05, 0) is 28.1 Å². The van der Waals surface area contributed by atoms with Gasteiger partial charge in [0.2, 0.25) is 0 Å². The number of alkyl halides is 3. The number of nitrogens with zero attached hydrogens (tertiary/aromatic N) is 1. The first-order chi connectivity index (χ1) is 5.95. The van der Waals surface area contributed by atoms with Crippen molar-refractivity contribution in [2.75, 3.05) is 0 Å². The molecule has 13 heavy (non-hydrogen) atoms. The molecule has 0 saturated carbocycles. The number of hydrogen-bond donors (Lipinski definition) is 1. The summed E-state index contributed by atoms with van der Waals surface area (Å²) in [5.41, 5.74) is -1.02. The summed E-state index contributed by atoms with van der Waals surface area (Å²) < 4.78 is 36.6. The predicted molar refractivity (Wildman–Crippen MR) is 42.9 cm³/mol. The van der Waals surface area contributed by atoms with Gasteiger partial charge in [0.15, 0.2) is 0 Å². The highest BCUT2D eigenvalue weighted by Gasteiger charge is 2.32. The molecule has 0 aromatic carbocycles. The molecule has 1 aromatic rings. The molecule has 1 rings (SSSR count). The Morgan fingerprint density at radius 2 is 2.00 bits per heavy atom. The van der Waals surface area contributed by atoms with E-state index in [9.17, 15) is 13.2 Å². The Balaban J connectivity index is 3.14. The molecule has 0 fully saturated rings. The van der Waals surface area contributed by atoms with Gasteiger partial charge in [-0.2, -0.15) is 13.2 Å². The fourth-order valence-corrected chi connectivity index (χ4v) is 1.10. The van der Waals surface area contributed by atoms with Crippen LogP contribution in [0.15, 0.2) is 16.6 Å². The first kappa shape index (κ1) is 10.5. The van der Waals surface area contributed by atoms with E-state index < -0.39 is 18.5 Å². The highest BCUT2D eigenvalue weighted by Crippen LogP contribution is 2.29. The molecule has 1 N–H and O–H groups in total. The van der Waals surface area contributed by atoms with Crippen LogP contribution in [0.2, 0.25) is 0 Å². The van der Waals surface area contributed by atoms with Crippen molar-refractivity contribution in [1.29, 1.82) is 0 Å². The fourth-order valence-electron chi connectivity index (χ4n) is 0.753. The number of pyridine rings is 1. The molecular weight excluding hydrogens is 251 g/mol. The van der Waals surface area contributed by atoms with E-state index in [4.69, 9.17) is 5.11 Å². The van der Waals surface area contributed by atoms with Crippen LogP contribution in [0.5, 0.6) is 0 Å². The summed E-state index contributed by atoms with van der Waals surface area (Å²) in [6, 6.07) is 2.06. The van der Waals surface area contributed by atoms with E-state index in [1.807, 2.05) is 0 Å². The molecule has 1 heterocycles. The highest BCUT2D eigenvalue weighted by molar-refractivity contribution is 9.10. The molecule has 72 valence electrons.